The highest BCUT2D eigenvalue weighted by Crippen LogP contribution is 2.35. The van der Waals surface area contributed by atoms with Crippen LogP contribution in [0.25, 0.3) is 11.3 Å². The molecule has 4 rings (SSSR count). The van der Waals surface area contributed by atoms with E-state index in [1.54, 1.807) is 11.8 Å². The number of hydrogen-bond acceptors (Lipinski definition) is 5. The first-order chi connectivity index (χ1) is 11.5. The molecule has 1 aromatic carbocycles. The van der Waals surface area contributed by atoms with Crippen LogP contribution < -0.4 is 0 Å². The number of carbonyl (C=O) groups excluding carboxylic acids is 1. The first kappa shape index (κ1) is 15.4. The van der Waals surface area contributed by atoms with Gasteiger partial charge in [0, 0.05) is 18.7 Å². The molecule has 0 unspecified atom stereocenters. The molecule has 6 nitrogen and oxygen atoms in total. The summed E-state index contributed by atoms with van der Waals surface area (Å²) in [5.41, 5.74) is 1.75. The van der Waals surface area contributed by atoms with Crippen molar-refractivity contribution in [3.8, 4) is 11.3 Å². The minimum Gasteiger partial charge on any atom is -0.360 e. The van der Waals surface area contributed by atoms with Crippen LogP contribution in [-0.2, 0) is 9.84 Å². The topological polar surface area (TPSA) is 80.5 Å². The number of benzene rings is 1. The summed E-state index contributed by atoms with van der Waals surface area (Å²) < 4.78 is 29.4. The third-order valence-electron chi connectivity index (χ3n) is 5.03. The van der Waals surface area contributed by atoms with Crippen molar-refractivity contribution in [1.82, 2.24) is 10.1 Å². The molecule has 7 heteroatoms. The summed E-state index contributed by atoms with van der Waals surface area (Å²) in [6, 6.07) is 9.39. The lowest BCUT2D eigenvalue weighted by Crippen LogP contribution is -2.32. The molecule has 0 N–H and O–H groups in total. The predicted molar refractivity (Wildman–Crippen MR) is 88.3 cm³/mol. The summed E-state index contributed by atoms with van der Waals surface area (Å²) in [5.74, 6) is 0.557. The number of aryl methyl sites for hydroxylation is 1. The summed E-state index contributed by atoms with van der Waals surface area (Å²) in [6.45, 7) is 2.46. The van der Waals surface area contributed by atoms with Crippen molar-refractivity contribution in [1.29, 1.82) is 0 Å². The number of rotatable bonds is 2. The molecule has 2 aliphatic rings. The number of fused-ring (bicyclic) bond motifs is 1. The van der Waals surface area contributed by atoms with E-state index in [0.29, 0.717) is 30.0 Å². The number of amides is 1. The normalized spacial score (nSPS) is 25.0. The third kappa shape index (κ3) is 2.34. The molecule has 24 heavy (non-hydrogen) atoms. The van der Waals surface area contributed by atoms with E-state index >= 15 is 0 Å². The van der Waals surface area contributed by atoms with Crippen LogP contribution in [0.5, 0.6) is 0 Å². The minimum absolute atomic E-state index is 0.0549. The molecule has 0 spiro atoms. The van der Waals surface area contributed by atoms with Gasteiger partial charge in [-0.15, -0.1) is 0 Å². The Labute approximate surface area is 140 Å². The number of sulfone groups is 1. The average molecular weight is 346 g/mol. The van der Waals surface area contributed by atoms with E-state index in [0.717, 1.165) is 5.56 Å². The molecule has 1 amide bonds. The van der Waals surface area contributed by atoms with E-state index < -0.39 is 15.1 Å². The lowest BCUT2D eigenvalue weighted by molar-refractivity contribution is 0.0785. The molecule has 0 saturated carbocycles. The first-order valence-corrected chi connectivity index (χ1v) is 9.71. The lowest BCUT2D eigenvalue weighted by Gasteiger charge is -2.17. The van der Waals surface area contributed by atoms with Crippen molar-refractivity contribution in [2.24, 2.45) is 5.92 Å². The Morgan fingerprint density at radius 3 is 2.71 bits per heavy atom. The van der Waals surface area contributed by atoms with Crippen LogP contribution in [-0.4, -0.2) is 48.5 Å². The molecule has 3 heterocycles. The molecule has 2 atom stereocenters. The van der Waals surface area contributed by atoms with E-state index in [2.05, 4.69) is 5.16 Å². The molecule has 2 aromatic rings. The van der Waals surface area contributed by atoms with Crippen LogP contribution >= 0.6 is 0 Å². The summed E-state index contributed by atoms with van der Waals surface area (Å²) >= 11 is 0. The van der Waals surface area contributed by atoms with Crippen molar-refractivity contribution in [2.45, 2.75) is 18.6 Å². The summed E-state index contributed by atoms with van der Waals surface area (Å²) in [5, 5.41) is 3.62. The second-order valence-corrected chi connectivity index (χ2v) is 8.83. The monoisotopic (exact) mass is 346 g/mol. The van der Waals surface area contributed by atoms with Crippen LogP contribution in [0.4, 0.5) is 0 Å². The predicted octanol–water partition coefficient (Wildman–Crippen LogP) is 1.91. The molecule has 1 aromatic heterocycles. The van der Waals surface area contributed by atoms with Gasteiger partial charge in [-0.25, -0.2) is 8.42 Å². The Kier molecular flexibility index (Phi) is 3.49. The van der Waals surface area contributed by atoms with Gasteiger partial charge in [-0.2, -0.15) is 0 Å². The van der Waals surface area contributed by atoms with Gasteiger partial charge in [0.2, 0.25) is 0 Å². The van der Waals surface area contributed by atoms with Gasteiger partial charge in [-0.1, -0.05) is 35.5 Å². The van der Waals surface area contributed by atoms with Gasteiger partial charge in [0.05, 0.1) is 11.0 Å². The smallest absolute Gasteiger partial charge is 0.259 e. The van der Waals surface area contributed by atoms with Crippen LogP contribution in [0.1, 0.15) is 22.5 Å². The number of hydrogen-bond donors (Lipinski definition) is 0. The molecular formula is C17H18N2O4S. The Morgan fingerprint density at radius 2 is 2.00 bits per heavy atom. The summed E-state index contributed by atoms with van der Waals surface area (Å²) in [4.78, 5) is 14.6. The molecule has 126 valence electrons. The lowest BCUT2D eigenvalue weighted by atomic mass is 10.1. The highest BCUT2D eigenvalue weighted by Gasteiger charge is 2.48. The highest BCUT2D eigenvalue weighted by molar-refractivity contribution is 7.92. The van der Waals surface area contributed by atoms with Gasteiger partial charge in [-0.05, 0) is 19.3 Å². The maximum atomic E-state index is 13.0. The van der Waals surface area contributed by atoms with Gasteiger partial charge in [0.1, 0.15) is 17.0 Å². The van der Waals surface area contributed by atoms with Crippen LogP contribution in [0.3, 0.4) is 0 Å². The molecular weight excluding hydrogens is 328 g/mol. The molecule has 2 saturated heterocycles. The second kappa shape index (κ2) is 5.44. The van der Waals surface area contributed by atoms with Gasteiger partial charge < -0.3 is 9.42 Å². The Bertz CT molecular complexity index is 889. The maximum absolute atomic E-state index is 13.0. The Hall–Kier alpha value is -2.15. The maximum Gasteiger partial charge on any atom is 0.259 e. The fraction of sp³-hybridized carbons (Fsp3) is 0.412. The van der Waals surface area contributed by atoms with E-state index in [1.165, 1.54) is 0 Å². The van der Waals surface area contributed by atoms with Crippen molar-refractivity contribution in [3.63, 3.8) is 0 Å². The van der Waals surface area contributed by atoms with E-state index in [-0.39, 0.29) is 24.1 Å². The van der Waals surface area contributed by atoms with Crippen LogP contribution in [0.2, 0.25) is 0 Å². The average Bonchev–Trinajstić information content (AvgIpc) is 3.23. The molecule has 0 bridgehead atoms. The zero-order valence-electron chi connectivity index (χ0n) is 13.3. The van der Waals surface area contributed by atoms with Gasteiger partial charge in [0.15, 0.2) is 9.84 Å². The SMILES string of the molecule is Cc1onc(-c2ccccc2)c1C(=O)N1C[C@@H]2CCS(=O)(=O)[C@@H]2C1. The summed E-state index contributed by atoms with van der Waals surface area (Å²) in [6.07, 6.45) is 0.644. The number of nitrogens with zero attached hydrogens (tertiary/aromatic N) is 2. The third-order valence-corrected chi connectivity index (χ3v) is 7.29. The number of likely N-dealkylation sites (tertiary alicyclic amines) is 1. The van der Waals surface area contributed by atoms with Gasteiger partial charge in [-0.3, -0.25) is 4.79 Å². The van der Waals surface area contributed by atoms with Crippen molar-refractivity contribution in [3.05, 3.63) is 41.7 Å². The molecule has 0 aliphatic carbocycles. The fourth-order valence-corrected chi connectivity index (χ4v) is 5.88. The van der Waals surface area contributed by atoms with E-state index in [1.807, 2.05) is 30.3 Å². The van der Waals surface area contributed by atoms with E-state index in [9.17, 15) is 13.2 Å². The quantitative estimate of drug-likeness (QED) is 0.830. The van der Waals surface area contributed by atoms with Crippen molar-refractivity contribution >= 4 is 15.7 Å². The van der Waals surface area contributed by atoms with Crippen LogP contribution in [0, 0.1) is 12.8 Å². The largest absolute Gasteiger partial charge is 0.360 e. The number of carbonyl (C=O) groups is 1. The van der Waals surface area contributed by atoms with Crippen LogP contribution in [0.15, 0.2) is 34.9 Å². The number of aromatic nitrogens is 1. The van der Waals surface area contributed by atoms with E-state index in [4.69, 9.17) is 4.52 Å². The standard InChI is InChI=1S/C17H18N2O4S/c1-11-15(16(18-23-11)12-5-3-2-4-6-12)17(20)19-9-13-7-8-24(21,22)14(13)10-19/h2-6,13-14H,7-10H2,1H3/t13-,14+/m0/s1. The Balaban J connectivity index is 1.66. The molecule has 0 radical (unpaired) electrons. The van der Waals surface area contributed by atoms with Gasteiger partial charge >= 0.3 is 0 Å². The zero-order valence-corrected chi connectivity index (χ0v) is 14.1. The first-order valence-electron chi connectivity index (χ1n) is 8.00. The summed E-state index contributed by atoms with van der Waals surface area (Å²) in [7, 11) is -3.06. The van der Waals surface area contributed by atoms with Crippen molar-refractivity contribution < 1.29 is 17.7 Å². The molecule has 2 aliphatic heterocycles. The minimum atomic E-state index is -3.06. The fourth-order valence-electron chi connectivity index (χ4n) is 3.73. The second-order valence-electron chi connectivity index (χ2n) is 6.49. The Morgan fingerprint density at radius 1 is 1.25 bits per heavy atom. The highest BCUT2D eigenvalue weighted by atomic mass is 32.2. The van der Waals surface area contributed by atoms with Gasteiger partial charge in [0.25, 0.3) is 5.91 Å². The zero-order chi connectivity index (χ0) is 16.9. The molecule has 2 fully saturated rings. The van der Waals surface area contributed by atoms with Crippen molar-refractivity contribution in [2.75, 3.05) is 18.8 Å².